The molecule has 1 fully saturated rings. The van der Waals surface area contributed by atoms with Crippen molar-refractivity contribution in [1.82, 2.24) is 0 Å². The van der Waals surface area contributed by atoms with E-state index < -0.39 is 95.7 Å². The lowest BCUT2D eigenvalue weighted by atomic mass is 9.85. The first kappa shape index (κ1) is 64.4. The van der Waals surface area contributed by atoms with Crippen molar-refractivity contribution in [3.63, 3.8) is 0 Å². The molecule has 0 radical (unpaired) electrons. The Morgan fingerprint density at radius 1 is 0.536 bits per heavy atom. The van der Waals surface area contributed by atoms with Crippen LogP contribution in [0.2, 0.25) is 0 Å². The molecule has 5 unspecified atom stereocenters. The summed E-state index contributed by atoms with van der Waals surface area (Å²) in [6.45, 7) is 2.79. The molecule has 0 bridgehead atoms. The number of ether oxygens (including phenoxy) is 2. The van der Waals surface area contributed by atoms with Crippen LogP contribution in [-0.4, -0.2) is 125 Å². The van der Waals surface area contributed by atoms with Crippen LogP contribution in [-0.2, 0) is 41.8 Å². The number of hydrogen-bond acceptors (Lipinski definition) is 15. The van der Waals surface area contributed by atoms with Gasteiger partial charge in [-0.1, -0.05) is 151 Å². The number of phosphoric ester groups is 2. The van der Waals surface area contributed by atoms with E-state index in [1.165, 1.54) is 19.3 Å². The maximum absolute atomic E-state index is 13.0. The number of phosphoric acid groups is 2. The Balaban J connectivity index is 2.69. The first-order chi connectivity index (χ1) is 32.9. The topological polar surface area (TPSA) is 296 Å². The molecule has 0 amide bonds. The van der Waals surface area contributed by atoms with Gasteiger partial charge in [-0.05, 0) is 64.2 Å². The quantitative estimate of drug-likeness (QED) is 0.00940. The largest absolute Gasteiger partial charge is 0.472 e. The van der Waals surface area contributed by atoms with Gasteiger partial charge in [0, 0.05) is 12.8 Å². The van der Waals surface area contributed by atoms with Gasteiger partial charge in [0.25, 0.3) is 0 Å². The molecule has 0 aromatic heterocycles. The summed E-state index contributed by atoms with van der Waals surface area (Å²) in [5.74, 6) is -1.45. The molecular formula is C49H84O18P2. The number of aliphatic hydroxyl groups is 6. The zero-order valence-corrected chi connectivity index (χ0v) is 42.5. The third-order valence-electron chi connectivity index (χ3n) is 11.0. The van der Waals surface area contributed by atoms with Gasteiger partial charge >= 0.3 is 27.6 Å². The van der Waals surface area contributed by atoms with Crippen molar-refractivity contribution >= 4 is 27.6 Å². The predicted molar refractivity (Wildman–Crippen MR) is 262 cm³/mol. The Labute approximate surface area is 409 Å². The fourth-order valence-electron chi connectivity index (χ4n) is 7.03. The molecule has 1 rings (SSSR count). The Bertz CT molecular complexity index is 1640. The van der Waals surface area contributed by atoms with Gasteiger partial charge in [0.15, 0.2) is 6.10 Å². The molecule has 18 nitrogen and oxygen atoms in total. The van der Waals surface area contributed by atoms with Gasteiger partial charge in [0.05, 0.1) is 18.8 Å². The Morgan fingerprint density at radius 2 is 1.03 bits per heavy atom. The number of hydrogen-bond donors (Lipinski definition) is 9. The van der Waals surface area contributed by atoms with Crippen LogP contribution < -0.4 is 0 Å². The lowest BCUT2D eigenvalue weighted by Gasteiger charge is -2.43. The van der Waals surface area contributed by atoms with Gasteiger partial charge < -0.3 is 54.8 Å². The highest BCUT2D eigenvalue weighted by Crippen LogP contribution is 2.49. The maximum Gasteiger partial charge on any atom is 0.472 e. The second-order valence-electron chi connectivity index (χ2n) is 17.2. The van der Waals surface area contributed by atoms with Gasteiger partial charge in [0.2, 0.25) is 0 Å². The minimum atomic E-state index is -5.40. The van der Waals surface area contributed by atoms with Crippen molar-refractivity contribution in [2.75, 3.05) is 13.2 Å². The minimum Gasteiger partial charge on any atom is -0.462 e. The van der Waals surface area contributed by atoms with Crippen molar-refractivity contribution in [2.45, 2.75) is 210 Å². The highest BCUT2D eigenvalue weighted by molar-refractivity contribution is 7.47. The molecule has 1 aliphatic rings. The monoisotopic (exact) mass is 1020 g/mol. The van der Waals surface area contributed by atoms with Crippen LogP contribution in [0.3, 0.4) is 0 Å². The van der Waals surface area contributed by atoms with Gasteiger partial charge in [-0.15, -0.1) is 0 Å². The van der Waals surface area contributed by atoms with E-state index in [1.54, 1.807) is 30.4 Å². The Hall–Kier alpha value is -2.64. The number of unbranched alkanes of at least 4 members (excludes halogenated alkanes) is 12. The van der Waals surface area contributed by atoms with Crippen molar-refractivity contribution in [3.8, 4) is 0 Å². The molecule has 0 aliphatic heterocycles. The number of carbonyl (C=O) groups is 2. The van der Waals surface area contributed by atoms with Gasteiger partial charge in [-0.3, -0.25) is 23.2 Å². The molecule has 10 atom stereocenters. The molecule has 398 valence electrons. The molecule has 0 saturated heterocycles. The maximum atomic E-state index is 13.0. The van der Waals surface area contributed by atoms with Crippen LogP contribution in [0.15, 0.2) is 72.9 Å². The fourth-order valence-corrected chi connectivity index (χ4v) is 8.57. The minimum absolute atomic E-state index is 0.0589. The molecular weight excluding hydrogens is 938 g/mol. The molecule has 0 heterocycles. The summed E-state index contributed by atoms with van der Waals surface area (Å²) in [6.07, 6.45) is 24.7. The number of esters is 2. The van der Waals surface area contributed by atoms with Crippen LogP contribution in [0.5, 0.6) is 0 Å². The molecule has 1 saturated carbocycles. The van der Waals surface area contributed by atoms with Crippen molar-refractivity contribution in [1.29, 1.82) is 0 Å². The van der Waals surface area contributed by atoms with E-state index in [9.17, 15) is 64.0 Å². The number of allylic oxidation sites excluding steroid dienone is 10. The van der Waals surface area contributed by atoms with Crippen LogP contribution in [0.4, 0.5) is 0 Å². The molecule has 20 heteroatoms. The molecule has 69 heavy (non-hydrogen) atoms. The molecule has 1 aliphatic carbocycles. The lowest BCUT2D eigenvalue weighted by Crippen LogP contribution is -2.64. The van der Waals surface area contributed by atoms with Crippen LogP contribution >= 0.6 is 15.6 Å². The van der Waals surface area contributed by atoms with E-state index in [0.29, 0.717) is 12.8 Å². The van der Waals surface area contributed by atoms with E-state index >= 15 is 0 Å². The molecule has 0 spiro atoms. The van der Waals surface area contributed by atoms with Crippen LogP contribution in [0.25, 0.3) is 0 Å². The van der Waals surface area contributed by atoms with Crippen molar-refractivity contribution < 1.29 is 87.1 Å². The normalized spacial score (nSPS) is 22.7. The lowest BCUT2D eigenvalue weighted by molar-refractivity contribution is -0.216. The van der Waals surface area contributed by atoms with E-state index in [4.69, 9.17) is 18.5 Å². The fraction of sp³-hybridized carbons (Fsp3) is 0.714. The average Bonchev–Trinajstić information content (AvgIpc) is 3.29. The average molecular weight is 1020 g/mol. The molecule has 0 aromatic rings. The first-order valence-electron chi connectivity index (χ1n) is 24.7. The number of carbonyl (C=O) groups excluding carboxylic acids is 2. The van der Waals surface area contributed by atoms with Crippen molar-refractivity contribution in [3.05, 3.63) is 72.9 Å². The number of aliphatic hydroxyl groups excluding tert-OH is 6. The van der Waals surface area contributed by atoms with E-state index in [1.807, 2.05) is 18.2 Å². The standard InChI is InChI=1S/C49H84O18P2/c1-3-5-7-8-9-10-11-12-13-14-15-16-17-18-22-25-29-35-42(52)63-37-41(38-64-69(61,62)67-49-46(56)44(54)45(55)48(47(49)57)66-68(58,59)60)65-43(53)36-30-34-40(51)33-28-24-21-19-20-23-27-32-39(50)31-26-6-4-2/h9-10,12-13,20-21,23-24,27-28,32-33,39-41,44-51,54-57H,3-8,11,14-19,22,25-26,29-31,34-38H2,1-2H3,(H,61,62)(H2,58,59,60)/b10-9-,13-12-,23-20-,24-21-,32-27+,33-28+/t39-,40-,41-,44?,45?,46?,47?,48-,49+/m1/s1. The highest BCUT2D eigenvalue weighted by Gasteiger charge is 2.54. The van der Waals surface area contributed by atoms with E-state index in [0.717, 1.165) is 83.5 Å². The van der Waals surface area contributed by atoms with Crippen LogP contribution in [0.1, 0.15) is 155 Å². The van der Waals surface area contributed by atoms with Gasteiger partial charge in [-0.2, -0.15) is 0 Å². The summed E-state index contributed by atoms with van der Waals surface area (Å²) >= 11 is 0. The van der Waals surface area contributed by atoms with Gasteiger partial charge in [-0.25, -0.2) is 9.13 Å². The summed E-state index contributed by atoms with van der Waals surface area (Å²) in [6, 6.07) is 0. The summed E-state index contributed by atoms with van der Waals surface area (Å²) in [7, 11) is -10.8. The van der Waals surface area contributed by atoms with E-state index in [-0.39, 0.29) is 25.7 Å². The third-order valence-corrected chi connectivity index (χ3v) is 12.5. The predicted octanol–water partition coefficient (Wildman–Crippen LogP) is 7.56. The summed E-state index contributed by atoms with van der Waals surface area (Å²) < 4.78 is 49.2. The van der Waals surface area contributed by atoms with Crippen molar-refractivity contribution in [2.24, 2.45) is 0 Å². The third kappa shape index (κ3) is 33.6. The summed E-state index contributed by atoms with van der Waals surface area (Å²) in [5, 5.41) is 61.6. The smallest absolute Gasteiger partial charge is 0.462 e. The second-order valence-corrected chi connectivity index (χ2v) is 19.8. The van der Waals surface area contributed by atoms with Crippen LogP contribution in [0, 0.1) is 0 Å². The highest BCUT2D eigenvalue weighted by atomic mass is 31.2. The Kier molecular flexibility index (Phi) is 36.3. The van der Waals surface area contributed by atoms with Gasteiger partial charge in [0.1, 0.15) is 43.2 Å². The summed E-state index contributed by atoms with van der Waals surface area (Å²) in [5.41, 5.74) is 0. The zero-order chi connectivity index (χ0) is 51.3. The molecule has 0 aromatic carbocycles. The number of rotatable bonds is 40. The first-order valence-corrected chi connectivity index (χ1v) is 27.7. The molecule has 9 N–H and O–H groups in total. The van der Waals surface area contributed by atoms with E-state index in [2.05, 4.69) is 42.7 Å². The second kappa shape index (κ2) is 39.0. The Morgan fingerprint density at radius 3 is 1.61 bits per heavy atom. The SMILES string of the molecule is CCCCC/C=C\C/C=C\CCCCCCCCCC(=O)OC[C@H](COP(=O)(O)O[C@H]1C(O)C(O)C(O)[C@@H](OP(=O)(O)O)C1O)OC(=O)CCC[C@H](O)/C=C/C=C\C/C=C\C=C\[C@H](O)CCCCC. The zero-order valence-electron chi connectivity index (χ0n) is 40.7. The summed E-state index contributed by atoms with van der Waals surface area (Å²) in [4.78, 5) is 54.4.